The molecule has 0 saturated carbocycles. The molecule has 0 aliphatic carbocycles. The van der Waals surface area contributed by atoms with E-state index in [9.17, 15) is 4.79 Å². The molecule has 2 rings (SSSR count). The number of para-hydroxylation sites is 2. The van der Waals surface area contributed by atoms with Gasteiger partial charge in [0.1, 0.15) is 11.4 Å². The number of thiazole rings is 1. The molecule has 1 N–H and O–H groups in total. The quantitative estimate of drug-likeness (QED) is 0.905. The number of rotatable bonds is 4. The second-order valence-corrected chi connectivity index (χ2v) is 3.98. The summed E-state index contributed by atoms with van der Waals surface area (Å²) in [5.74, 6) is 0.442. The van der Waals surface area contributed by atoms with Crippen LogP contribution in [-0.2, 0) is 0 Å². The van der Waals surface area contributed by atoms with Crippen LogP contribution in [0.1, 0.15) is 17.4 Å². The lowest BCUT2D eigenvalue weighted by atomic mass is 10.3. The van der Waals surface area contributed by atoms with Crippen LogP contribution in [0.3, 0.4) is 0 Å². The van der Waals surface area contributed by atoms with Gasteiger partial charge in [-0.05, 0) is 19.1 Å². The third kappa shape index (κ3) is 2.82. The molecule has 17 heavy (non-hydrogen) atoms. The van der Waals surface area contributed by atoms with Crippen molar-refractivity contribution in [3.63, 3.8) is 0 Å². The number of benzene rings is 1. The van der Waals surface area contributed by atoms with Crippen LogP contribution in [0.4, 0.5) is 5.69 Å². The predicted octanol–water partition coefficient (Wildman–Crippen LogP) is 2.79. The van der Waals surface area contributed by atoms with Crippen molar-refractivity contribution < 1.29 is 9.53 Å². The van der Waals surface area contributed by atoms with E-state index in [0.29, 0.717) is 23.7 Å². The van der Waals surface area contributed by atoms with Gasteiger partial charge in [0.05, 0.1) is 17.8 Å². The van der Waals surface area contributed by atoms with Crippen molar-refractivity contribution in [2.75, 3.05) is 11.9 Å². The Bertz CT molecular complexity index is 497. The van der Waals surface area contributed by atoms with Crippen molar-refractivity contribution in [3.05, 3.63) is 40.8 Å². The number of aromatic nitrogens is 1. The van der Waals surface area contributed by atoms with Gasteiger partial charge in [-0.15, -0.1) is 11.3 Å². The molecule has 4 nitrogen and oxygen atoms in total. The Hall–Kier alpha value is -1.88. The van der Waals surface area contributed by atoms with Gasteiger partial charge in [0.15, 0.2) is 0 Å². The zero-order valence-electron chi connectivity index (χ0n) is 9.34. The number of anilines is 1. The van der Waals surface area contributed by atoms with E-state index in [2.05, 4.69) is 10.3 Å². The molecule has 88 valence electrons. The Morgan fingerprint density at radius 2 is 2.29 bits per heavy atom. The Kier molecular flexibility index (Phi) is 3.72. The molecule has 1 aromatic heterocycles. The highest BCUT2D eigenvalue weighted by molar-refractivity contribution is 7.07. The van der Waals surface area contributed by atoms with Crippen molar-refractivity contribution >= 4 is 22.9 Å². The monoisotopic (exact) mass is 248 g/mol. The summed E-state index contributed by atoms with van der Waals surface area (Å²) in [6.45, 7) is 2.46. The number of carbonyl (C=O) groups excluding carboxylic acids is 1. The van der Waals surface area contributed by atoms with Crippen LogP contribution in [0.25, 0.3) is 0 Å². The number of nitrogens with one attached hydrogen (secondary N) is 1. The van der Waals surface area contributed by atoms with E-state index in [1.165, 1.54) is 11.3 Å². The second-order valence-electron chi connectivity index (χ2n) is 3.26. The van der Waals surface area contributed by atoms with Gasteiger partial charge < -0.3 is 10.1 Å². The molecule has 1 heterocycles. The Labute approximate surface area is 103 Å². The first-order valence-electron chi connectivity index (χ1n) is 5.22. The average Bonchev–Trinajstić information content (AvgIpc) is 2.85. The summed E-state index contributed by atoms with van der Waals surface area (Å²) in [6.07, 6.45) is 0. The summed E-state index contributed by atoms with van der Waals surface area (Å²) in [5.41, 5.74) is 2.71. The Morgan fingerprint density at radius 1 is 1.47 bits per heavy atom. The van der Waals surface area contributed by atoms with Gasteiger partial charge in [-0.1, -0.05) is 12.1 Å². The minimum atomic E-state index is -0.224. The zero-order valence-corrected chi connectivity index (χ0v) is 10.2. The summed E-state index contributed by atoms with van der Waals surface area (Å²) >= 11 is 1.39. The Morgan fingerprint density at radius 3 is 3.00 bits per heavy atom. The molecule has 1 amide bonds. The molecule has 0 atom stereocenters. The van der Waals surface area contributed by atoms with Gasteiger partial charge in [-0.2, -0.15) is 0 Å². The topological polar surface area (TPSA) is 51.2 Å². The van der Waals surface area contributed by atoms with E-state index in [1.807, 2.05) is 25.1 Å². The highest BCUT2D eigenvalue weighted by Crippen LogP contribution is 2.24. The molecular formula is C12H12N2O2S. The van der Waals surface area contributed by atoms with Crippen LogP contribution in [0, 0.1) is 0 Å². The minimum absolute atomic E-state index is 0.224. The van der Waals surface area contributed by atoms with E-state index >= 15 is 0 Å². The van der Waals surface area contributed by atoms with E-state index in [1.54, 1.807) is 17.0 Å². The fraction of sp³-hybridized carbons (Fsp3) is 0.167. The highest BCUT2D eigenvalue weighted by atomic mass is 32.1. The molecule has 5 heteroatoms. The molecule has 0 fully saturated rings. The first-order chi connectivity index (χ1) is 8.31. The molecule has 2 aromatic rings. The smallest absolute Gasteiger partial charge is 0.275 e. The summed E-state index contributed by atoms with van der Waals surface area (Å²) in [4.78, 5) is 15.8. The van der Waals surface area contributed by atoms with Gasteiger partial charge >= 0.3 is 0 Å². The van der Waals surface area contributed by atoms with Crippen LogP contribution in [-0.4, -0.2) is 17.5 Å². The van der Waals surface area contributed by atoms with Crippen LogP contribution < -0.4 is 10.1 Å². The molecule has 0 aliphatic rings. The van der Waals surface area contributed by atoms with Crippen molar-refractivity contribution in [1.82, 2.24) is 4.98 Å². The third-order valence-electron chi connectivity index (χ3n) is 2.10. The fourth-order valence-electron chi connectivity index (χ4n) is 1.36. The van der Waals surface area contributed by atoms with Gasteiger partial charge in [0.25, 0.3) is 5.91 Å². The maximum absolute atomic E-state index is 11.8. The van der Waals surface area contributed by atoms with Gasteiger partial charge in [-0.25, -0.2) is 4.98 Å². The third-order valence-corrected chi connectivity index (χ3v) is 2.69. The summed E-state index contributed by atoms with van der Waals surface area (Å²) < 4.78 is 5.42. The van der Waals surface area contributed by atoms with E-state index in [-0.39, 0.29) is 5.91 Å². The molecule has 0 bridgehead atoms. The standard InChI is InChI=1S/C12H12N2O2S/c1-2-16-11-6-4-3-5-9(11)14-12(15)10-7-17-8-13-10/h3-8H,2H2,1H3,(H,14,15). The van der Waals surface area contributed by atoms with Crippen molar-refractivity contribution in [1.29, 1.82) is 0 Å². The van der Waals surface area contributed by atoms with Crippen LogP contribution >= 0.6 is 11.3 Å². The van der Waals surface area contributed by atoms with Crippen LogP contribution in [0.5, 0.6) is 5.75 Å². The molecule has 0 radical (unpaired) electrons. The number of carbonyl (C=O) groups is 1. The van der Waals surface area contributed by atoms with Crippen molar-refractivity contribution in [2.45, 2.75) is 6.92 Å². The highest BCUT2D eigenvalue weighted by Gasteiger charge is 2.10. The van der Waals surface area contributed by atoms with Gasteiger partial charge in [0.2, 0.25) is 0 Å². The molecule has 1 aromatic carbocycles. The molecule has 0 spiro atoms. The lowest BCUT2D eigenvalue weighted by Crippen LogP contribution is -2.13. The molecule has 0 saturated heterocycles. The van der Waals surface area contributed by atoms with Crippen LogP contribution in [0.2, 0.25) is 0 Å². The number of ether oxygens (including phenoxy) is 1. The normalized spacial score (nSPS) is 9.94. The summed E-state index contributed by atoms with van der Waals surface area (Å²) in [6, 6.07) is 7.33. The largest absolute Gasteiger partial charge is 0.492 e. The summed E-state index contributed by atoms with van der Waals surface area (Å²) in [7, 11) is 0. The fourth-order valence-corrected chi connectivity index (χ4v) is 1.89. The average molecular weight is 248 g/mol. The molecular weight excluding hydrogens is 236 g/mol. The number of nitrogens with zero attached hydrogens (tertiary/aromatic N) is 1. The van der Waals surface area contributed by atoms with E-state index in [0.717, 1.165) is 0 Å². The van der Waals surface area contributed by atoms with Crippen molar-refractivity contribution in [2.24, 2.45) is 0 Å². The SMILES string of the molecule is CCOc1ccccc1NC(=O)c1cscn1. The maximum atomic E-state index is 11.8. The number of hydrogen-bond acceptors (Lipinski definition) is 4. The Balaban J connectivity index is 2.15. The van der Waals surface area contributed by atoms with E-state index in [4.69, 9.17) is 4.74 Å². The first-order valence-corrected chi connectivity index (χ1v) is 6.17. The van der Waals surface area contributed by atoms with Gasteiger partial charge in [0, 0.05) is 5.38 Å². The second kappa shape index (κ2) is 5.45. The first kappa shape index (κ1) is 11.6. The van der Waals surface area contributed by atoms with E-state index < -0.39 is 0 Å². The molecule has 0 unspecified atom stereocenters. The minimum Gasteiger partial charge on any atom is -0.492 e. The van der Waals surface area contributed by atoms with Crippen molar-refractivity contribution in [3.8, 4) is 5.75 Å². The maximum Gasteiger partial charge on any atom is 0.275 e. The molecule has 0 aliphatic heterocycles. The number of amides is 1. The predicted molar refractivity (Wildman–Crippen MR) is 67.7 cm³/mol. The summed E-state index contributed by atoms with van der Waals surface area (Å²) in [5, 5.41) is 4.48. The zero-order chi connectivity index (χ0) is 12.1. The van der Waals surface area contributed by atoms with Crippen LogP contribution in [0.15, 0.2) is 35.2 Å². The lowest BCUT2D eigenvalue weighted by molar-refractivity contribution is 0.102. The van der Waals surface area contributed by atoms with Gasteiger partial charge in [-0.3, -0.25) is 4.79 Å². The number of hydrogen-bond donors (Lipinski definition) is 1. The lowest BCUT2D eigenvalue weighted by Gasteiger charge is -2.10.